The van der Waals surface area contributed by atoms with Gasteiger partial charge in [0, 0.05) is 6.07 Å². The maximum Gasteiger partial charge on any atom is 0.335 e. The number of fused-ring (bicyclic) bond motifs is 1. The summed E-state index contributed by atoms with van der Waals surface area (Å²) < 4.78 is 16.8. The van der Waals surface area contributed by atoms with Crippen LogP contribution >= 0.6 is 0 Å². The standard InChI is InChI=1S/C19H16N2O5/c1-11(2)25-14-5-3-13(9-20)16(8-14)24-10-18-21-15-6-4-12(19(22)23)7-17(15)26-18/h3-8,11H,10H2,1-2H3,(H,22,23). The third-order valence-corrected chi connectivity index (χ3v) is 3.48. The highest BCUT2D eigenvalue weighted by atomic mass is 16.5. The maximum absolute atomic E-state index is 11.0. The molecule has 132 valence electrons. The van der Waals surface area contributed by atoms with Gasteiger partial charge < -0.3 is 19.0 Å². The molecule has 3 aromatic rings. The number of rotatable bonds is 6. The fourth-order valence-corrected chi connectivity index (χ4v) is 2.37. The van der Waals surface area contributed by atoms with Gasteiger partial charge in [-0.2, -0.15) is 5.26 Å². The zero-order valence-electron chi connectivity index (χ0n) is 14.2. The molecule has 7 nitrogen and oxygen atoms in total. The largest absolute Gasteiger partial charge is 0.491 e. The molecule has 0 bridgehead atoms. The fourth-order valence-electron chi connectivity index (χ4n) is 2.37. The minimum absolute atomic E-state index is 0.00308. The lowest BCUT2D eigenvalue weighted by molar-refractivity contribution is 0.0697. The fraction of sp³-hybridized carbons (Fsp3) is 0.211. The van der Waals surface area contributed by atoms with E-state index in [2.05, 4.69) is 11.1 Å². The molecular formula is C19H16N2O5. The Morgan fingerprint density at radius 2 is 2.12 bits per heavy atom. The van der Waals surface area contributed by atoms with Crippen LogP contribution in [0.3, 0.4) is 0 Å². The lowest BCUT2D eigenvalue weighted by atomic mass is 10.2. The number of aromatic nitrogens is 1. The van der Waals surface area contributed by atoms with Gasteiger partial charge in [0.1, 0.15) is 23.1 Å². The van der Waals surface area contributed by atoms with E-state index < -0.39 is 5.97 Å². The van der Waals surface area contributed by atoms with Gasteiger partial charge in [0.05, 0.1) is 17.2 Å². The summed E-state index contributed by atoms with van der Waals surface area (Å²) in [4.78, 5) is 15.3. The maximum atomic E-state index is 11.0. The third kappa shape index (κ3) is 3.75. The van der Waals surface area contributed by atoms with Crippen molar-refractivity contribution in [1.82, 2.24) is 4.98 Å². The second kappa shape index (κ2) is 7.15. The molecule has 26 heavy (non-hydrogen) atoms. The molecule has 1 heterocycles. The highest BCUT2D eigenvalue weighted by Gasteiger charge is 2.12. The number of oxazole rings is 1. The zero-order valence-corrected chi connectivity index (χ0v) is 14.2. The molecular weight excluding hydrogens is 336 g/mol. The molecule has 0 atom stereocenters. The molecule has 0 aliphatic carbocycles. The second-order valence-electron chi connectivity index (χ2n) is 5.82. The Bertz CT molecular complexity index is 1000. The van der Waals surface area contributed by atoms with E-state index in [0.717, 1.165) is 0 Å². The number of carboxylic acid groups (broad SMARTS) is 1. The van der Waals surface area contributed by atoms with Crippen LogP contribution in [0.15, 0.2) is 40.8 Å². The van der Waals surface area contributed by atoms with Crippen LogP contribution in [-0.4, -0.2) is 22.2 Å². The van der Waals surface area contributed by atoms with Gasteiger partial charge in [-0.05, 0) is 44.2 Å². The Kier molecular flexibility index (Phi) is 4.76. The van der Waals surface area contributed by atoms with Gasteiger partial charge in [0.15, 0.2) is 12.2 Å². The summed E-state index contributed by atoms with van der Waals surface area (Å²) in [5.41, 5.74) is 1.38. The topological polar surface area (TPSA) is 106 Å². The van der Waals surface area contributed by atoms with Crippen LogP contribution in [0.1, 0.15) is 35.7 Å². The van der Waals surface area contributed by atoms with Gasteiger partial charge in [-0.15, -0.1) is 0 Å². The molecule has 0 aliphatic heterocycles. The van der Waals surface area contributed by atoms with Gasteiger partial charge in [0.2, 0.25) is 5.89 Å². The first kappa shape index (κ1) is 17.3. The van der Waals surface area contributed by atoms with E-state index in [1.54, 1.807) is 24.3 Å². The molecule has 3 rings (SSSR count). The number of carbonyl (C=O) groups is 1. The van der Waals surface area contributed by atoms with Crippen LogP contribution in [0.5, 0.6) is 11.5 Å². The minimum Gasteiger partial charge on any atom is -0.491 e. The molecule has 7 heteroatoms. The summed E-state index contributed by atoms with van der Waals surface area (Å²) in [7, 11) is 0. The van der Waals surface area contributed by atoms with Crippen molar-refractivity contribution in [3.05, 3.63) is 53.4 Å². The van der Waals surface area contributed by atoms with Crippen molar-refractivity contribution in [3.63, 3.8) is 0 Å². The van der Waals surface area contributed by atoms with Crippen LogP contribution in [0, 0.1) is 11.3 Å². The molecule has 1 N–H and O–H groups in total. The molecule has 0 spiro atoms. The second-order valence-corrected chi connectivity index (χ2v) is 5.82. The van der Waals surface area contributed by atoms with E-state index in [4.69, 9.17) is 19.0 Å². The third-order valence-electron chi connectivity index (χ3n) is 3.48. The average molecular weight is 352 g/mol. The van der Waals surface area contributed by atoms with Crippen molar-refractivity contribution in [3.8, 4) is 17.6 Å². The summed E-state index contributed by atoms with van der Waals surface area (Å²) >= 11 is 0. The number of ether oxygens (including phenoxy) is 2. The predicted octanol–water partition coefficient (Wildman–Crippen LogP) is 3.76. The van der Waals surface area contributed by atoms with Crippen molar-refractivity contribution < 1.29 is 23.8 Å². The monoisotopic (exact) mass is 352 g/mol. The van der Waals surface area contributed by atoms with Gasteiger partial charge in [-0.25, -0.2) is 9.78 Å². The Morgan fingerprint density at radius 1 is 1.31 bits per heavy atom. The van der Waals surface area contributed by atoms with Crippen LogP contribution in [-0.2, 0) is 6.61 Å². The number of carboxylic acids is 1. The lowest BCUT2D eigenvalue weighted by Crippen LogP contribution is -2.06. The van der Waals surface area contributed by atoms with E-state index in [0.29, 0.717) is 28.2 Å². The van der Waals surface area contributed by atoms with Crippen LogP contribution in [0.25, 0.3) is 11.1 Å². The highest BCUT2D eigenvalue weighted by Crippen LogP contribution is 2.26. The van der Waals surface area contributed by atoms with Crippen molar-refractivity contribution in [2.75, 3.05) is 0 Å². The average Bonchev–Trinajstić information content (AvgIpc) is 3.01. The van der Waals surface area contributed by atoms with Crippen molar-refractivity contribution >= 4 is 17.1 Å². The molecule has 0 aliphatic rings. The van der Waals surface area contributed by atoms with Gasteiger partial charge in [0.25, 0.3) is 0 Å². The van der Waals surface area contributed by atoms with Crippen LogP contribution in [0.2, 0.25) is 0 Å². The molecule has 0 radical (unpaired) electrons. The Labute approximate surface area is 149 Å². The van der Waals surface area contributed by atoms with Gasteiger partial charge in [-0.3, -0.25) is 0 Å². The molecule has 0 saturated heterocycles. The SMILES string of the molecule is CC(C)Oc1ccc(C#N)c(OCc2nc3ccc(C(=O)O)cc3o2)c1. The van der Waals surface area contributed by atoms with Gasteiger partial charge in [-0.1, -0.05) is 0 Å². The first-order valence-electron chi connectivity index (χ1n) is 7.92. The molecule has 0 unspecified atom stereocenters. The number of hydrogen-bond acceptors (Lipinski definition) is 6. The van der Waals surface area contributed by atoms with E-state index in [-0.39, 0.29) is 24.2 Å². The summed E-state index contributed by atoms with van der Waals surface area (Å²) in [6, 6.07) is 11.5. The van der Waals surface area contributed by atoms with Crippen LogP contribution in [0.4, 0.5) is 0 Å². The number of benzene rings is 2. The zero-order chi connectivity index (χ0) is 18.7. The minimum atomic E-state index is -1.04. The predicted molar refractivity (Wildman–Crippen MR) is 92.2 cm³/mol. The molecule has 0 amide bonds. The number of nitriles is 1. The van der Waals surface area contributed by atoms with Crippen LogP contribution < -0.4 is 9.47 Å². The molecule has 0 saturated carbocycles. The quantitative estimate of drug-likeness (QED) is 0.720. The number of hydrogen-bond donors (Lipinski definition) is 1. The Balaban J connectivity index is 1.81. The van der Waals surface area contributed by atoms with E-state index in [9.17, 15) is 10.1 Å². The van der Waals surface area contributed by atoms with Crippen molar-refractivity contribution in [1.29, 1.82) is 5.26 Å². The molecule has 2 aromatic carbocycles. The first-order chi connectivity index (χ1) is 12.5. The smallest absolute Gasteiger partial charge is 0.335 e. The normalized spacial score (nSPS) is 10.7. The van der Waals surface area contributed by atoms with E-state index >= 15 is 0 Å². The Hall–Kier alpha value is -3.53. The summed E-state index contributed by atoms with van der Waals surface area (Å²) in [6.45, 7) is 3.81. The van der Waals surface area contributed by atoms with E-state index in [1.165, 1.54) is 12.1 Å². The van der Waals surface area contributed by atoms with Crippen molar-refractivity contribution in [2.45, 2.75) is 26.6 Å². The molecule has 1 aromatic heterocycles. The summed E-state index contributed by atoms with van der Waals surface area (Å²) in [5.74, 6) is 0.195. The number of nitrogens with zero attached hydrogens (tertiary/aromatic N) is 2. The van der Waals surface area contributed by atoms with Crippen molar-refractivity contribution in [2.24, 2.45) is 0 Å². The first-order valence-corrected chi connectivity index (χ1v) is 7.92. The lowest BCUT2D eigenvalue weighted by Gasteiger charge is -2.12. The Morgan fingerprint density at radius 3 is 2.81 bits per heavy atom. The highest BCUT2D eigenvalue weighted by molar-refractivity contribution is 5.91. The van der Waals surface area contributed by atoms with Gasteiger partial charge >= 0.3 is 5.97 Å². The summed E-state index contributed by atoms with van der Waals surface area (Å²) in [5, 5.41) is 18.2. The van der Waals surface area contributed by atoms with E-state index in [1.807, 2.05) is 13.8 Å². The molecule has 0 fully saturated rings. The number of aromatic carboxylic acids is 1. The summed E-state index contributed by atoms with van der Waals surface area (Å²) in [6.07, 6.45) is -0.00347.